The molecule has 0 spiro atoms. The maximum absolute atomic E-state index is 11.0. The van der Waals surface area contributed by atoms with Gasteiger partial charge in [-0.3, -0.25) is 0 Å². The van der Waals surface area contributed by atoms with Gasteiger partial charge in [0.1, 0.15) is 17.7 Å². The van der Waals surface area contributed by atoms with Gasteiger partial charge in [-0.25, -0.2) is 4.98 Å². The molecule has 1 aromatic heterocycles. The zero-order valence-electron chi connectivity index (χ0n) is 14.8. The normalized spacial score (nSPS) is 12.3. The standard InChI is InChI=1S/C22H19ClN2O2/c1-27-18-12-8-16(9-13-18)21(26)22-24-19-4-2-3-5-20(19)25(22)14-15-6-10-17(23)11-7-15/h2-13,21,26H,14H2,1H3/t21-/m0/s1. The molecule has 0 saturated heterocycles. The van der Waals surface area contributed by atoms with Gasteiger partial charge in [-0.15, -0.1) is 0 Å². The average Bonchev–Trinajstić information content (AvgIpc) is 3.08. The summed E-state index contributed by atoms with van der Waals surface area (Å²) in [5, 5.41) is 11.7. The van der Waals surface area contributed by atoms with Crippen LogP contribution in [-0.4, -0.2) is 21.8 Å². The first kappa shape index (κ1) is 17.6. The minimum Gasteiger partial charge on any atom is -0.497 e. The summed E-state index contributed by atoms with van der Waals surface area (Å²) >= 11 is 6.01. The third kappa shape index (κ3) is 3.54. The fourth-order valence-electron chi connectivity index (χ4n) is 3.18. The van der Waals surface area contributed by atoms with Gasteiger partial charge in [-0.2, -0.15) is 0 Å². The molecule has 5 heteroatoms. The SMILES string of the molecule is COc1ccc([C@H](O)c2nc3ccccc3n2Cc2ccc(Cl)cc2)cc1. The largest absolute Gasteiger partial charge is 0.497 e. The Morgan fingerprint density at radius 1 is 1.00 bits per heavy atom. The predicted octanol–water partition coefficient (Wildman–Crippen LogP) is 4.83. The van der Waals surface area contributed by atoms with Gasteiger partial charge in [-0.05, 0) is 47.5 Å². The quantitative estimate of drug-likeness (QED) is 0.541. The van der Waals surface area contributed by atoms with Crippen molar-refractivity contribution in [3.05, 3.63) is 94.8 Å². The van der Waals surface area contributed by atoms with Gasteiger partial charge < -0.3 is 14.4 Å². The average molecular weight is 379 g/mol. The molecule has 3 aromatic carbocycles. The molecule has 1 heterocycles. The number of nitrogens with zero attached hydrogens (tertiary/aromatic N) is 2. The van der Waals surface area contributed by atoms with Crippen molar-refractivity contribution in [3.63, 3.8) is 0 Å². The van der Waals surface area contributed by atoms with Crippen LogP contribution in [0.3, 0.4) is 0 Å². The summed E-state index contributed by atoms with van der Waals surface area (Å²) < 4.78 is 7.25. The number of imidazole rings is 1. The van der Waals surface area contributed by atoms with Crippen molar-refractivity contribution in [1.82, 2.24) is 9.55 Å². The molecule has 1 atom stereocenters. The lowest BCUT2D eigenvalue weighted by Crippen LogP contribution is -2.11. The topological polar surface area (TPSA) is 47.3 Å². The van der Waals surface area contributed by atoms with Crippen molar-refractivity contribution in [2.75, 3.05) is 7.11 Å². The number of benzene rings is 3. The minimum atomic E-state index is -0.837. The second kappa shape index (κ2) is 7.43. The van der Waals surface area contributed by atoms with E-state index in [1.165, 1.54) is 0 Å². The molecule has 0 amide bonds. The summed E-state index contributed by atoms with van der Waals surface area (Å²) in [5.41, 5.74) is 3.69. The fourth-order valence-corrected chi connectivity index (χ4v) is 3.30. The highest BCUT2D eigenvalue weighted by atomic mass is 35.5. The number of hydrogen-bond donors (Lipinski definition) is 1. The highest BCUT2D eigenvalue weighted by Gasteiger charge is 2.20. The molecule has 0 fully saturated rings. The number of aliphatic hydroxyl groups excluding tert-OH is 1. The Morgan fingerprint density at radius 2 is 1.70 bits per heavy atom. The highest BCUT2D eigenvalue weighted by Crippen LogP contribution is 2.28. The summed E-state index contributed by atoms with van der Waals surface area (Å²) in [4.78, 5) is 4.70. The number of methoxy groups -OCH3 is 1. The summed E-state index contributed by atoms with van der Waals surface area (Å²) in [6, 6.07) is 23.0. The molecule has 0 bridgehead atoms. The van der Waals surface area contributed by atoms with Crippen LogP contribution in [0.4, 0.5) is 0 Å². The Labute approximate surface area is 162 Å². The first-order chi connectivity index (χ1) is 13.2. The van der Waals surface area contributed by atoms with Crippen molar-refractivity contribution >= 4 is 22.6 Å². The zero-order chi connectivity index (χ0) is 18.8. The van der Waals surface area contributed by atoms with Crippen LogP contribution >= 0.6 is 11.6 Å². The molecular weight excluding hydrogens is 360 g/mol. The first-order valence-corrected chi connectivity index (χ1v) is 9.05. The first-order valence-electron chi connectivity index (χ1n) is 8.67. The number of fused-ring (bicyclic) bond motifs is 1. The van der Waals surface area contributed by atoms with Gasteiger partial charge in [0.15, 0.2) is 0 Å². The van der Waals surface area contributed by atoms with E-state index in [1.807, 2.05) is 77.4 Å². The van der Waals surface area contributed by atoms with Crippen LogP contribution in [-0.2, 0) is 6.54 Å². The van der Waals surface area contributed by atoms with Crippen LogP contribution in [0.25, 0.3) is 11.0 Å². The lowest BCUT2D eigenvalue weighted by Gasteiger charge is -2.15. The lowest BCUT2D eigenvalue weighted by atomic mass is 10.1. The number of ether oxygens (including phenoxy) is 1. The molecule has 0 unspecified atom stereocenters. The smallest absolute Gasteiger partial charge is 0.143 e. The Hall–Kier alpha value is -2.82. The third-order valence-electron chi connectivity index (χ3n) is 4.61. The summed E-state index contributed by atoms with van der Waals surface area (Å²) in [6.45, 7) is 0.597. The number of para-hydroxylation sites is 2. The zero-order valence-corrected chi connectivity index (χ0v) is 15.6. The molecule has 1 N–H and O–H groups in total. The van der Waals surface area contributed by atoms with E-state index in [2.05, 4.69) is 0 Å². The molecular formula is C22H19ClN2O2. The van der Waals surface area contributed by atoms with E-state index in [9.17, 15) is 5.11 Å². The van der Waals surface area contributed by atoms with Crippen molar-refractivity contribution < 1.29 is 9.84 Å². The number of aliphatic hydroxyl groups is 1. The molecule has 4 rings (SSSR count). The molecule has 4 nitrogen and oxygen atoms in total. The van der Waals surface area contributed by atoms with Crippen molar-refractivity contribution in [3.8, 4) is 5.75 Å². The van der Waals surface area contributed by atoms with E-state index < -0.39 is 6.10 Å². The van der Waals surface area contributed by atoms with Gasteiger partial charge in [0.05, 0.1) is 18.1 Å². The van der Waals surface area contributed by atoms with Crippen molar-refractivity contribution in [1.29, 1.82) is 0 Å². The van der Waals surface area contributed by atoms with E-state index in [0.29, 0.717) is 17.4 Å². The van der Waals surface area contributed by atoms with Crippen LogP contribution < -0.4 is 4.74 Å². The Balaban J connectivity index is 1.77. The van der Waals surface area contributed by atoms with E-state index in [-0.39, 0.29) is 0 Å². The summed E-state index contributed by atoms with van der Waals surface area (Å²) in [6.07, 6.45) is -0.837. The van der Waals surface area contributed by atoms with Gasteiger partial charge in [-0.1, -0.05) is 48.0 Å². The summed E-state index contributed by atoms with van der Waals surface area (Å²) in [7, 11) is 1.62. The second-order valence-corrected chi connectivity index (χ2v) is 6.78. The van der Waals surface area contributed by atoms with Crippen LogP contribution in [0.15, 0.2) is 72.8 Å². The van der Waals surface area contributed by atoms with Crippen molar-refractivity contribution in [2.45, 2.75) is 12.6 Å². The fraction of sp³-hybridized carbons (Fsp3) is 0.136. The second-order valence-electron chi connectivity index (χ2n) is 6.35. The Bertz CT molecular complexity index is 1060. The van der Waals surface area contributed by atoms with Crippen molar-refractivity contribution in [2.24, 2.45) is 0 Å². The molecule has 0 aliphatic carbocycles. The minimum absolute atomic E-state index is 0.597. The highest BCUT2D eigenvalue weighted by molar-refractivity contribution is 6.30. The van der Waals surface area contributed by atoms with E-state index in [0.717, 1.165) is 27.9 Å². The molecule has 0 saturated carbocycles. The van der Waals surface area contributed by atoms with E-state index in [1.54, 1.807) is 7.11 Å². The Morgan fingerprint density at radius 3 is 2.41 bits per heavy atom. The lowest BCUT2D eigenvalue weighted by molar-refractivity contribution is 0.206. The van der Waals surface area contributed by atoms with Crippen LogP contribution in [0.5, 0.6) is 5.75 Å². The van der Waals surface area contributed by atoms with Gasteiger partial charge in [0.25, 0.3) is 0 Å². The van der Waals surface area contributed by atoms with Gasteiger partial charge in [0.2, 0.25) is 0 Å². The van der Waals surface area contributed by atoms with E-state index >= 15 is 0 Å². The number of halogens is 1. The monoisotopic (exact) mass is 378 g/mol. The van der Waals surface area contributed by atoms with Gasteiger partial charge >= 0.3 is 0 Å². The maximum Gasteiger partial charge on any atom is 0.143 e. The molecule has 136 valence electrons. The van der Waals surface area contributed by atoms with Crippen LogP contribution in [0, 0.1) is 0 Å². The third-order valence-corrected chi connectivity index (χ3v) is 4.87. The number of aromatic nitrogens is 2. The van der Waals surface area contributed by atoms with E-state index in [4.69, 9.17) is 21.3 Å². The van der Waals surface area contributed by atoms with Gasteiger partial charge in [0, 0.05) is 11.6 Å². The Kier molecular flexibility index (Phi) is 4.84. The molecule has 27 heavy (non-hydrogen) atoms. The number of rotatable bonds is 5. The molecule has 0 radical (unpaired) electrons. The van der Waals surface area contributed by atoms with Crippen LogP contribution in [0.2, 0.25) is 5.02 Å². The maximum atomic E-state index is 11.0. The summed E-state index contributed by atoms with van der Waals surface area (Å²) in [5.74, 6) is 1.36. The molecule has 0 aliphatic rings. The number of hydrogen-bond acceptors (Lipinski definition) is 3. The van der Waals surface area contributed by atoms with Crippen LogP contribution in [0.1, 0.15) is 23.1 Å². The molecule has 4 aromatic rings. The predicted molar refractivity (Wildman–Crippen MR) is 107 cm³/mol. The molecule has 0 aliphatic heterocycles.